The Labute approximate surface area is 220 Å². The number of hydrogen-bond donors (Lipinski definition) is 1. The fourth-order valence-electron chi connectivity index (χ4n) is 4.91. The van der Waals surface area contributed by atoms with Gasteiger partial charge in [-0.1, -0.05) is 25.4 Å². The molecule has 2 aliphatic heterocycles. The molecule has 1 aromatic heterocycles. The van der Waals surface area contributed by atoms with Gasteiger partial charge in [-0.25, -0.2) is 9.37 Å². The first kappa shape index (κ1) is 25.8. The minimum atomic E-state index is -0.619. The molecule has 1 saturated heterocycles. The predicted octanol–water partition coefficient (Wildman–Crippen LogP) is 4.40. The monoisotopic (exact) mass is 530 g/mol. The van der Waals surface area contributed by atoms with E-state index in [1.54, 1.807) is 6.33 Å². The summed E-state index contributed by atoms with van der Waals surface area (Å²) in [6.45, 7) is 8.18. The van der Waals surface area contributed by atoms with Gasteiger partial charge in [0.15, 0.2) is 11.5 Å². The Bertz CT molecular complexity index is 1270. The minimum absolute atomic E-state index is 0.0780. The molecule has 0 bridgehead atoms. The van der Waals surface area contributed by atoms with Crippen LogP contribution in [-0.4, -0.2) is 71.2 Å². The largest absolute Gasteiger partial charge is 0.489 e. The molecular weight excluding hydrogens is 499 g/mol. The highest BCUT2D eigenvalue weighted by Gasteiger charge is 2.31. The van der Waals surface area contributed by atoms with Crippen LogP contribution in [0.15, 0.2) is 30.6 Å². The first-order valence-electron chi connectivity index (χ1n) is 12.7. The molecule has 5 rings (SSSR count). The van der Waals surface area contributed by atoms with E-state index >= 15 is 0 Å². The number of imidazole rings is 1. The summed E-state index contributed by atoms with van der Waals surface area (Å²) in [6, 6.07) is 6.69. The smallest absolute Gasteiger partial charge is 0.253 e. The van der Waals surface area contributed by atoms with Crippen LogP contribution in [0.25, 0.3) is 11.0 Å². The molecule has 1 fully saturated rings. The average molecular weight is 531 g/mol. The third-order valence-electron chi connectivity index (χ3n) is 6.52. The standard InChI is InChI=1S/C27H32ClFN4O4/c1-17(2)12-33(13-18-8-21(28)26-23(9-18)35-5-3-6-37-26)27(34)24-15-32(4-7-36-24)14-19-10-20(29)11-22-25(19)31-16-30-22/h8-11,16-17,24H,3-7,12-15H2,1-2H3,(H,30,31). The topological polar surface area (TPSA) is 79.9 Å². The number of H-pyrrole nitrogens is 1. The molecule has 198 valence electrons. The van der Waals surface area contributed by atoms with E-state index in [1.807, 2.05) is 17.0 Å². The second-order valence-corrected chi connectivity index (χ2v) is 10.4. The quantitative estimate of drug-likeness (QED) is 0.488. The molecule has 1 N–H and O–H groups in total. The van der Waals surface area contributed by atoms with Gasteiger partial charge in [0.25, 0.3) is 5.91 Å². The Hall–Kier alpha value is -2.88. The molecule has 10 heteroatoms. The van der Waals surface area contributed by atoms with Crippen LogP contribution >= 0.6 is 11.6 Å². The molecule has 1 atom stereocenters. The lowest BCUT2D eigenvalue weighted by Crippen LogP contribution is -2.51. The minimum Gasteiger partial charge on any atom is -0.489 e. The van der Waals surface area contributed by atoms with Gasteiger partial charge in [-0.2, -0.15) is 0 Å². The van der Waals surface area contributed by atoms with Gasteiger partial charge >= 0.3 is 0 Å². The Morgan fingerprint density at radius 3 is 2.92 bits per heavy atom. The summed E-state index contributed by atoms with van der Waals surface area (Å²) in [5.41, 5.74) is 3.05. The van der Waals surface area contributed by atoms with Gasteiger partial charge in [0.1, 0.15) is 11.9 Å². The van der Waals surface area contributed by atoms with Gasteiger partial charge in [-0.05, 0) is 41.3 Å². The number of carbonyl (C=O) groups excluding carboxylic acids is 1. The molecule has 0 radical (unpaired) electrons. The van der Waals surface area contributed by atoms with Crippen molar-refractivity contribution < 1.29 is 23.4 Å². The number of hydrogen-bond acceptors (Lipinski definition) is 6. The summed E-state index contributed by atoms with van der Waals surface area (Å²) in [6.07, 6.45) is 1.73. The van der Waals surface area contributed by atoms with Crippen LogP contribution in [0.4, 0.5) is 4.39 Å². The Morgan fingerprint density at radius 2 is 2.08 bits per heavy atom. The van der Waals surface area contributed by atoms with Gasteiger partial charge in [0, 0.05) is 39.1 Å². The van der Waals surface area contributed by atoms with Gasteiger partial charge in [-0.15, -0.1) is 0 Å². The lowest BCUT2D eigenvalue weighted by Gasteiger charge is -2.35. The number of fused-ring (bicyclic) bond motifs is 2. The fraction of sp³-hybridized carbons (Fsp3) is 0.481. The van der Waals surface area contributed by atoms with Crippen LogP contribution < -0.4 is 9.47 Å². The van der Waals surface area contributed by atoms with Gasteiger partial charge in [0.05, 0.1) is 42.2 Å². The zero-order valence-electron chi connectivity index (χ0n) is 21.1. The van der Waals surface area contributed by atoms with E-state index in [0.717, 1.165) is 23.1 Å². The molecule has 0 aliphatic carbocycles. The van der Waals surface area contributed by atoms with Crippen molar-refractivity contribution in [2.24, 2.45) is 5.92 Å². The molecule has 2 aliphatic rings. The van der Waals surface area contributed by atoms with Crippen molar-refractivity contribution >= 4 is 28.5 Å². The maximum atomic E-state index is 14.1. The highest BCUT2D eigenvalue weighted by atomic mass is 35.5. The van der Waals surface area contributed by atoms with E-state index in [1.165, 1.54) is 12.1 Å². The second kappa shape index (κ2) is 11.2. The number of ether oxygens (including phenoxy) is 3. The molecule has 3 aromatic rings. The Balaban J connectivity index is 1.31. The normalized spacial score (nSPS) is 18.2. The highest BCUT2D eigenvalue weighted by Crippen LogP contribution is 2.38. The van der Waals surface area contributed by atoms with Gasteiger partial charge in [0.2, 0.25) is 0 Å². The summed E-state index contributed by atoms with van der Waals surface area (Å²) in [5.74, 6) is 1.03. The number of nitrogens with zero attached hydrogens (tertiary/aromatic N) is 3. The lowest BCUT2D eigenvalue weighted by atomic mass is 10.1. The van der Waals surface area contributed by atoms with E-state index in [9.17, 15) is 9.18 Å². The van der Waals surface area contributed by atoms with Crippen molar-refractivity contribution in [2.45, 2.75) is 39.5 Å². The molecule has 2 aromatic carbocycles. The van der Waals surface area contributed by atoms with Crippen molar-refractivity contribution in [2.75, 3.05) is 39.5 Å². The second-order valence-electron chi connectivity index (χ2n) is 10.0. The number of carbonyl (C=O) groups is 1. The van der Waals surface area contributed by atoms with Crippen molar-refractivity contribution in [1.29, 1.82) is 0 Å². The predicted molar refractivity (Wildman–Crippen MR) is 138 cm³/mol. The van der Waals surface area contributed by atoms with E-state index in [-0.39, 0.29) is 17.6 Å². The Morgan fingerprint density at radius 1 is 1.24 bits per heavy atom. The van der Waals surface area contributed by atoms with Crippen LogP contribution in [0.1, 0.15) is 31.4 Å². The molecule has 8 nitrogen and oxygen atoms in total. The van der Waals surface area contributed by atoms with Crippen molar-refractivity contribution in [3.63, 3.8) is 0 Å². The summed E-state index contributed by atoms with van der Waals surface area (Å²) in [5, 5.41) is 0.478. The lowest BCUT2D eigenvalue weighted by molar-refractivity contribution is -0.151. The van der Waals surface area contributed by atoms with Crippen LogP contribution in [0, 0.1) is 11.7 Å². The molecule has 3 heterocycles. The number of benzene rings is 2. The summed E-state index contributed by atoms with van der Waals surface area (Å²) in [4.78, 5) is 24.9. The summed E-state index contributed by atoms with van der Waals surface area (Å²) in [7, 11) is 0. The average Bonchev–Trinajstić information content (AvgIpc) is 3.20. The number of amides is 1. The summed E-state index contributed by atoms with van der Waals surface area (Å²) < 4.78 is 31.7. The summed E-state index contributed by atoms with van der Waals surface area (Å²) >= 11 is 6.50. The maximum Gasteiger partial charge on any atom is 0.253 e. The highest BCUT2D eigenvalue weighted by molar-refractivity contribution is 6.32. The third-order valence-corrected chi connectivity index (χ3v) is 6.80. The van der Waals surface area contributed by atoms with E-state index < -0.39 is 6.10 Å². The number of morpholine rings is 1. The number of aromatic nitrogens is 2. The number of halogens is 2. The van der Waals surface area contributed by atoms with Crippen molar-refractivity contribution in [1.82, 2.24) is 19.8 Å². The van der Waals surface area contributed by atoms with Crippen LogP contribution in [-0.2, 0) is 22.6 Å². The van der Waals surface area contributed by atoms with Crippen molar-refractivity contribution in [3.8, 4) is 11.5 Å². The van der Waals surface area contributed by atoms with Crippen molar-refractivity contribution in [3.05, 3.63) is 52.6 Å². The molecule has 0 spiro atoms. The number of nitrogens with one attached hydrogen (secondary N) is 1. The first-order chi connectivity index (χ1) is 17.9. The third kappa shape index (κ3) is 6.00. The van der Waals surface area contributed by atoms with E-state index in [2.05, 4.69) is 28.7 Å². The van der Waals surface area contributed by atoms with E-state index in [0.29, 0.717) is 74.6 Å². The molecular formula is C27H32ClFN4O4. The molecule has 1 amide bonds. The molecule has 37 heavy (non-hydrogen) atoms. The zero-order valence-corrected chi connectivity index (χ0v) is 21.9. The first-order valence-corrected chi connectivity index (χ1v) is 13.1. The van der Waals surface area contributed by atoms with Gasteiger partial charge in [-0.3, -0.25) is 9.69 Å². The van der Waals surface area contributed by atoms with E-state index in [4.69, 9.17) is 25.8 Å². The Kier molecular flexibility index (Phi) is 7.83. The number of aromatic amines is 1. The fourth-order valence-corrected chi connectivity index (χ4v) is 5.20. The van der Waals surface area contributed by atoms with Crippen LogP contribution in [0.5, 0.6) is 11.5 Å². The van der Waals surface area contributed by atoms with Crippen LogP contribution in [0.2, 0.25) is 5.02 Å². The molecule has 1 unspecified atom stereocenters. The van der Waals surface area contributed by atoms with Crippen LogP contribution in [0.3, 0.4) is 0 Å². The van der Waals surface area contributed by atoms with Gasteiger partial charge < -0.3 is 24.1 Å². The molecule has 0 saturated carbocycles. The SMILES string of the molecule is CC(C)CN(Cc1cc(Cl)c2c(c1)OCCCO2)C(=O)C1CN(Cc2cc(F)cc3[nH]cnc23)CCO1. The maximum absolute atomic E-state index is 14.1. The zero-order chi connectivity index (χ0) is 25.9. The number of rotatable bonds is 7.